The van der Waals surface area contributed by atoms with Crippen LogP contribution < -0.4 is 14.8 Å². The summed E-state index contributed by atoms with van der Waals surface area (Å²) < 4.78 is 15.9. The molecule has 0 aromatic heterocycles. The molecule has 138 valence electrons. The molecule has 0 aliphatic carbocycles. The highest BCUT2D eigenvalue weighted by Crippen LogP contribution is 2.31. The van der Waals surface area contributed by atoms with E-state index in [1.165, 1.54) is 14.2 Å². The van der Waals surface area contributed by atoms with Gasteiger partial charge in [0, 0.05) is 11.1 Å². The Bertz CT molecular complexity index is 841. The lowest BCUT2D eigenvalue weighted by molar-refractivity contribution is -0.118. The van der Waals surface area contributed by atoms with Crippen LogP contribution in [0.1, 0.15) is 15.9 Å². The van der Waals surface area contributed by atoms with E-state index in [0.29, 0.717) is 32.2 Å². The van der Waals surface area contributed by atoms with E-state index in [9.17, 15) is 9.59 Å². The Hall–Kier alpha value is -2.25. The number of rotatable bonds is 6. The number of ether oxygens (including phenoxy) is 3. The van der Waals surface area contributed by atoms with E-state index < -0.39 is 5.97 Å². The van der Waals surface area contributed by atoms with E-state index in [4.69, 9.17) is 21.1 Å². The summed E-state index contributed by atoms with van der Waals surface area (Å²) in [6, 6.07) is 8.05. The van der Waals surface area contributed by atoms with Crippen LogP contribution in [0.15, 0.2) is 34.8 Å². The Kier molecular flexibility index (Phi) is 6.88. The maximum absolute atomic E-state index is 12.2. The predicted octanol–water partition coefficient (Wildman–Crippen LogP) is 4.22. The number of carbonyl (C=O) groups is 2. The molecule has 0 fully saturated rings. The van der Waals surface area contributed by atoms with E-state index in [0.717, 1.165) is 5.56 Å². The third-order valence-electron chi connectivity index (χ3n) is 3.47. The van der Waals surface area contributed by atoms with Crippen LogP contribution in [0, 0.1) is 6.92 Å². The van der Waals surface area contributed by atoms with Crippen LogP contribution in [0.5, 0.6) is 11.5 Å². The van der Waals surface area contributed by atoms with Crippen molar-refractivity contribution in [2.24, 2.45) is 0 Å². The van der Waals surface area contributed by atoms with Gasteiger partial charge in [0.2, 0.25) is 0 Å². The molecule has 0 spiro atoms. The van der Waals surface area contributed by atoms with Crippen molar-refractivity contribution in [3.05, 3.63) is 51.0 Å². The molecule has 0 unspecified atom stereocenters. The third kappa shape index (κ3) is 4.89. The molecule has 0 bridgehead atoms. The van der Waals surface area contributed by atoms with Crippen LogP contribution in [-0.2, 0) is 9.53 Å². The predicted molar refractivity (Wildman–Crippen MR) is 102 cm³/mol. The summed E-state index contributed by atoms with van der Waals surface area (Å²) in [7, 11) is 2.80. The van der Waals surface area contributed by atoms with Gasteiger partial charge in [-0.2, -0.15) is 0 Å². The summed E-state index contributed by atoms with van der Waals surface area (Å²) in [5.74, 6) is 0.0544. The first-order valence-electron chi connectivity index (χ1n) is 7.50. The second kappa shape index (κ2) is 8.91. The lowest BCUT2D eigenvalue weighted by Crippen LogP contribution is -2.20. The molecule has 6 nitrogen and oxygen atoms in total. The molecule has 0 radical (unpaired) electrons. The van der Waals surface area contributed by atoms with E-state index in [2.05, 4.69) is 26.0 Å². The molecule has 0 aliphatic rings. The summed E-state index contributed by atoms with van der Waals surface area (Å²) in [6.07, 6.45) is 0. The Labute approximate surface area is 164 Å². The van der Waals surface area contributed by atoms with Crippen LogP contribution >= 0.6 is 27.5 Å². The fraction of sp³-hybridized carbons (Fsp3) is 0.222. The van der Waals surface area contributed by atoms with Gasteiger partial charge >= 0.3 is 5.97 Å². The molecule has 1 N–H and O–H groups in total. The second-order valence-electron chi connectivity index (χ2n) is 5.28. The molecular weight excluding hydrogens is 426 g/mol. The Morgan fingerprint density at radius 2 is 1.88 bits per heavy atom. The molecule has 0 heterocycles. The van der Waals surface area contributed by atoms with Crippen molar-refractivity contribution in [2.45, 2.75) is 6.92 Å². The molecule has 2 aromatic rings. The number of hydrogen-bond donors (Lipinski definition) is 1. The Balaban J connectivity index is 2.03. The Morgan fingerprint density at radius 1 is 1.15 bits per heavy atom. The quantitative estimate of drug-likeness (QED) is 0.678. The van der Waals surface area contributed by atoms with Crippen molar-refractivity contribution in [1.82, 2.24) is 0 Å². The lowest BCUT2D eigenvalue weighted by Gasteiger charge is -2.13. The zero-order chi connectivity index (χ0) is 19.3. The third-order valence-corrected chi connectivity index (χ3v) is 4.49. The summed E-state index contributed by atoms with van der Waals surface area (Å²) in [5.41, 5.74) is 1.69. The zero-order valence-electron chi connectivity index (χ0n) is 14.4. The highest BCUT2D eigenvalue weighted by atomic mass is 79.9. The number of nitrogens with one attached hydrogen (secondary N) is 1. The number of esters is 1. The van der Waals surface area contributed by atoms with Gasteiger partial charge in [0.1, 0.15) is 11.5 Å². The fourth-order valence-electron chi connectivity index (χ4n) is 2.12. The average molecular weight is 443 g/mol. The van der Waals surface area contributed by atoms with Crippen LogP contribution in [0.2, 0.25) is 5.02 Å². The molecule has 8 heteroatoms. The zero-order valence-corrected chi connectivity index (χ0v) is 16.7. The first kappa shape index (κ1) is 20.1. The van der Waals surface area contributed by atoms with Crippen LogP contribution in [0.25, 0.3) is 0 Å². The molecule has 1 amide bonds. The number of methoxy groups -OCH3 is 2. The van der Waals surface area contributed by atoms with Gasteiger partial charge in [0.25, 0.3) is 5.91 Å². The highest BCUT2D eigenvalue weighted by molar-refractivity contribution is 9.10. The molecule has 2 aromatic carbocycles. The maximum atomic E-state index is 12.2. The minimum absolute atomic E-state index is 0.221. The van der Waals surface area contributed by atoms with Gasteiger partial charge in [-0.25, -0.2) is 4.79 Å². The maximum Gasteiger partial charge on any atom is 0.337 e. The van der Waals surface area contributed by atoms with Crippen LogP contribution in [0.3, 0.4) is 0 Å². The van der Waals surface area contributed by atoms with Gasteiger partial charge in [-0.3, -0.25) is 4.79 Å². The number of benzene rings is 2. The van der Waals surface area contributed by atoms with Crippen LogP contribution in [-0.4, -0.2) is 32.7 Å². The van der Waals surface area contributed by atoms with Gasteiger partial charge in [0.05, 0.1) is 29.9 Å². The van der Waals surface area contributed by atoms with Crippen LogP contribution in [0.4, 0.5) is 5.69 Å². The minimum Gasteiger partial charge on any atom is -0.495 e. The first-order chi connectivity index (χ1) is 12.3. The standard InChI is InChI=1S/C18H17BrClNO5/c1-10-6-14(16(24-2)8-13(10)20)21-17(22)9-26-15-5-4-11(7-12(15)19)18(23)25-3/h4-8H,9H2,1-3H3,(H,21,22). The molecular formula is C18H17BrClNO5. The number of amides is 1. The molecule has 26 heavy (non-hydrogen) atoms. The molecule has 0 atom stereocenters. The Morgan fingerprint density at radius 3 is 2.50 bits per heavy atom. The van der Waals surface area contributed by atoms with Gasteiger partial charge in [-0.05, 0) is 52.7 Å². The van der Waals surface area contributed by atoms with Crippen molar-refractivity contribution in [1.29, 1.82) is 0 Å². The van der Waals surface area contributed by atoms with Gasteiger partial charge in [-0.15, -0.1) is 0 Å². The number of aryl methyl sites for hydroxylation is 1. The number of carbonyl (C=O) groups excluding carboxylic acids is 2. The number of hydrogen-bond acceptors (Lipinski definition) is 5. The van der Waals surface area contributed by atoms with Gasteiger partial charge in [-0.1, -0.05) is 11.6 Å². The SMILES string of the molecule is COC(=O)c1ccc(OCC(=O)Nc2cc(C)c(Cl)cc2OC)c(Br)c1. The molecule has 0 aliphatic heterocycles. The van der Waals surface area contributed by atoms with E-state index in [1.807, 2.05) is 6.92 Å². The summed E-state index contributed by atoms with van der Waals surface area (Å²) in [6.45, 7) is 1.61. The van der Waals surface area contributed by atoms with E-state index >= 15 is 0 Å². The van der Waals surface area contributed by atoms with Crippen molar-refractivity contribution in [3.63, 3.8) is 0 Å². The fourth-order valence-corrected chi connectivity index (χ4v) is 2.77. The monoisotopic (exact) mass is 441 g/mol. The number of halogens is 2. The minimum atomic E-state index is -0.458. The van der Waals surface area contributed by atoms with Crippen molar-refractivity contribution < 1.29 is 23.8 Å². The van der Waals surface area contributed by atoms with E-state index in [1.54, 1.807) is 30.3 Å². The highest BCUT2D eigenvalue weighted by Gasteiger charge is 2.13. The summed E-state index contributed by atoms with van der Waals surface area (Å²) in [5, 5.41) is 3.27. The lowest BCUT2D eigenvalue weighted by atomic mass is 10.2. The van der Waals surface area contributed by atoms with Crippen molar-refractivity contribution in [3.8, 4) is 11.5 Å². The second-order valence-corrected chi connectivity index (χ2v) is 6.54. The molecule has 0 saturated carbocycles. The summed E-state index contributed by atoms with van der Waals surface area (Å²) >= 11 is 9.35. The normalized spacial score (nSPS) is 10.2. The van der Waals surface area contributed by atoms with Gasteiger partial charge in [0.15, 0.2) is 6.61 Å². The smallest absolute Gasteiger partial charge is 0.337 e. The summed E-state index contributed by atoms with van der Waals surface area (Å²) in [4.78, 5) is 23.7. The van der Waals surface area contributed by atoms with Crippen molar-refractivity contribution >= 4 is 45.1 Å². The van der Waals surface area contributed by atoms with Crippen molar-refractivity contribution in [2.75, 3.05) is 26.1 Å². The van der Waals surface area contributed by atoms with E-state index in [-0.39, 0.29) is 12.5 Å². The molecule has 0 saturated heterocycles. The van der Waals surface area contributed by atoms with Gasteiger partial charge < -0.3 is 19.5 Å². The molecule has 2 rings (SSSR count). The topological polar surface area (TPSA) is 73.9 Å². The number of anilines is 1. The average Bonchev–Trinajstić information content (AvgIpc) is 2.62. The first-order valence-corrected chi connectivity index (χ1v) is 8.67. The largest absolute Gasteiger partial charge is 0.495 e.